The van der Waals surface area contributed by atoms with Crippen LogP contribution in [0.2, 0.25) is 0 Å². The van der Waals surface area contributed by atoms with Crippen molar-refractivity contribution in [2.45, 2.75) is 59.0 Å². The molecule has 18 heavy (non-hydrogen) atoms. The summed E-state index contributed by atoms with van der Waals surface area (Å²) < 4.78 is 2.06. The smallest absolute Gasteiger partial charge is 0.283 e. The van der Waals surface area contributed by atoms with E-state index in [0.29, 0.717) is 11.0 Å². The molecule has 1 N–H and O–H groups in total. The van der Waals surface area contributed by atoms with Crippen molar-refractivity contribution in [1.29, 1.82) is 0 Å². The zero-order valence-corrected chi connectivity index (χ0v) is 13.2. The predicted octanol–water partition coefficient (Wildman–Crippen LogP) is 3.41. The van der Waals surface area contributed by atoms with Gasteiger partial charge in [-0.2, -0.15) is 5.10 Å². The molecule has 4 nitrogen and oxygen atoms in total. The number of aryl methyl sites for hydroxylation is 1. The minimum atomic E-state index is -0.0728. The van der Waals surface area contributed by atoms with Crippen LogP contribution in [0.5, 0.6) is 0 Å². The van der Waals surface area contributed by atoms with Crippen LogP contribution in [0.1, 0.15) is 47.0 Å². The highest BCUT2D eigenvalue weighted by Gasteiger charge is 2.21. The Kier molecular flexibility index (Phi) is 5.38. The lowest BCUT2D eigenvalue weighted by Crippen LogP contribution is -2.34. The van der Waals surface area contributed by atoms with Crippen LogP contribution in [-0.2, 0) is 6.54 Å². The molecule has 1 aromatic rings. The Morgan fingerprint density at radius 1 is 1.39 bits per heavy atom. The average Bonchev–Trinajstić information content (AvgIpc) is 2.38. The van der Waals surface area contributed by atoms with Crippen LogP contribution < -0.4 is 10.9 Å². The van der Waals surface area contributed by atoms with Gasteiger partial charge in [-0.15, -0.1) is 0 Å². The maximum atomic E-state index is 12.1. The molecule has 0 fully saturated rings. The number of rotatable bonds is 6. The van der Waals surface area contributed by atoms with E-state index in [1.807, 2.05) is 6.92 Å². The van der Waals surface area contributed by atoms with E-state index >= 15 is 0 Å². The third-order valence-electron chi connectivity index (χ3n) is 3.42. The monoisotopic (exact) mass is 315 g/mol. The molecule has 1 rings (SSSR count). The molecular formula is C13H22BrN3O. The first-order valence-electron chi connectivity index (χ1n) is 6.51. The zero-order chi connectivity index (χ0) is 13.8. The Labute approximate surface area is 117 Å². The van der Waals surface area contributed by atoms with E-state index in [1.165, 1.54) is 4.68 Å². The van der Waals surface area contributed by atoms with Crippen molar-refractivity contribution in [2.75, 3.05) is 5.32 Å². The van der Waals surface area contributed by atoms with Gasteiger partial charge in [0.1, 0.15) is 4.47 Å². The predicted molar refractivity (Wildman–Crippen MR) is 79.1 cm³/mol. The van der Waals surface area contributed by atoms with Gasteiger partial charge in [0.25, 0.3) is 5.56 Å². The van der Waals surface area contributed by atoms with Gasteiger partial charge in [0.15, 0.2) is 0 Å². The van der Waals surface area contributed by atoms with Crippen LogP contribution in [0, 0.1) is 0 Å². The molecule has 1 heterocycles. The van der Waals surface area contributed by atoms with Gasteiger partial charge in [-0.3, -0.25) is 4.79 Å². The number of hydrogen-bond acceptors (Lipinski definition) is 3. The van der Waals surface area contributed by atoms with Crippen molar-refractivity contribution >= 4 is 21.6 Å². The first-order chi connectivity index (χ1) is 8.47. The maximum Gasteiger partial charge on any atom is 0.283 e. The Morgan fingerprint density at radius 3 is 2.50 bits per heavy atom. The second-order valence-electron chi connectivity index (χ2n) is 4.79. The molecule has 0 saturated carbocycles. The van der Waals surface area contributed by atoms with Gasteiger partial charge in [0, 0.05) is 12.1 Å². The van der Waals surface area contributed by atoms with Crippen molar-refractivity contribution in [1.82, 2.24) is 9.78 Å². The van der Waals surface area contributed by atoms with Crippen molar-refractivity contribution in [3.63, 3.8) is 0 Å². The summed E-state index contributed by atoms with van der Waals surface area (Å²) >= 11 is 3.38. The second-order valence-corrected chi connectivity index (χ2v) is 5.59. The molecule has 0 saturated heterocycles. The summed E-state index contributed by atoms with van der Waals surface area (Å²) in [5, 5.41) is 7.60. The normalized spacial score (nSPS) is 11.6. The summed E-state index contributed by atoms with van der Waals surface area (Å²) in [6.45, 7) is 9.10. The number of hydrogen-bond donors (Lipinski definition) is 1. The molecule has 0 aliphatic carbocycles. The molecule has 0 spiro atoms. The standard InChI is InChI=1S/C13H22BrN3O/c1-5-8-17-12(18)11(14)10(9-15-17)16-13(4,6-2)7-3/h9,16H,5-8H2,1-4H3. The largest absolute Gasteiger partial charge is 0.378 e. The van der Waals surface area contributed by atoms with Crippen LogP contribution in [-0.4, -0.2) is 15.3 Å². The van der Waals surface area contributed by atoms with Crippen LogP contribution in [0.15, 0.2) is 15.5 Å². The molecule has 1 aromatic heterocycles. The molecule has 0 atom stereocenters. The lowest BCUT2D eigenvalue weighted by molar-refractivity contribution is 0.476. The number of aromatic nitrogens is 2. The average molecular weight is 316 g/mol. The number of nitrogens with zero attached hydrogens (tertiary/aromatic N) is 2. The third kappa shape index (κ3) is 3.34. The van der Waals surface area contributed by atoms with Gasteiger partial charge in [-0.25, -0.2) is 4.68 Å². The molecule has 5 heteroatoms. The quantitative estimate of drug-likeness (QED) is 0.875. The van der Waals surface area contributed by atoms with Gasteiger partial charge in [-0.1, -0.05) is 20.8 Å². The van der Waals surface area contributed by atoms with Gasteiger partial charge in [0.05, 0.1) is 11.9 Å². The summed E-state index contributed by atoms with van der Waals surface area (Å²) in [6, 6.07) is 0. The minimum absolute atomic E-state index is 0.00637. The fraction of sp³-hybridized carbons (Fsp3) is 0.692. The summed E-state index contributed by atoms with van der Waals surface area (Å²) in [5.74, 6) is 0. The van der Waals surface area contributed by atoms with E-state index in [1.54, 1.807) is 6.20 Å². The highest BCUT2D eigenvalue weighted by atomic mass is 79.9. The minimum Gasteiger partial charge on any atom is -0.378 e. The second kappa shape index (κ2) is 6.36. The van der Waals surface area contributed by atoms with E-state index in [4.69, 9.17) is 0 Å². The summed E-state index contributed by atoms with van der Waals surface area (Å²) in [7, 11) is 0. The molecule has 0 amide bonds. The Bertz CT molecular complexity index is 452. The Balaban J connectivity index is 3.06. The van der Waals surface area contributed by atoms with E-state index in [9.17, 15) is 4.79 Å². The van der Waals surface area contributed by atoms with Crippen molar-refractivity contribution in [2.24, 2.45) is 0 Å². The van der Waals surface area contributed by atoms with Crippen LogP contribution in [0.4, 0.5) is 5.69 Å². The fourth-order valence-electron chi connectivity index (χ4n) is 1.68. The highest BCUT2D eigenvalue weighted by molar-refractivity contribution is 9.10. The molecule has 0 bridgehead atoms. The molecule has 0 aromatic carbocycles. The van der Waals surface area contributed by atoms with Gasteiger partial charge < -0.3 is 5.32 Å². The van der Waals surface area contributed by atoms with Crippen molar-refractivity contribution in [3.8, 4) is 0 Å². The third-order valence-corrected chi connectivity index (χ3v) is 4.18. The number of halogens is 1. The maximum absolute atomic E-state index is 12.1. The molecule has 0 aliphatic rings. The van der Waals surface area contributed by atoms with E-state index in [0.717, 1.165) is 24.9 Å². The molecule has 0 unspecified atom stereocenters. The van der Waals surface area contributed by atoms with Gasteiger partial charge >= 0.3 is 0 Å². The van der Waals surface area contributed by atoms with E-state index in [2.05, 4.69) is 47.1 Å². The lowest BCUT2D eigenvalue weighted by atomic mass is 9.95. The van der Waals surface area contributed by atoms with Crippen molar-refractivity contribution < 1.29 is 0 Å². The fourth-order valence-corrected chi connectivity index (χ4v) is 2.08. The zero-order valence-electron chi connectivity index (χ0n) is 11.6. The molecule has 0 aliphatic heterocycles. The Hall–Kier alpha value is -0.840. The SMILES string of the molecule is CCCn1ncc(NC(C)(CC)CC)c(Br)c1=O. The van der Waals surface area contributed by atoms with Crippen LogP contribution >= 0.6 is 15.9 Å². The van der Waals surface area contributed by atoms with E-state index < -0.39 is 0 Å². The molecule has 102 valence electrons. The first kappa shape index (κ1) is 15.2. The summed E-state index contributed by atoms with van der Waals surface area (Å²) in [4.78, 5) is 12.1. The van der Waals surface area contributed by atoms with Gasteiger partial charge in [0.2, 0.25) is 0 Å². The van der Waals surface area contributed by atoms with E-state index in [-0.39, 0.29) is 11.1 Å². The topological polar surface area (TPSA) is 46.9 Å². The van der Waals surface area contributed by atoms with Crippen molar-refractivity contribution in [3.05, 3.63) is 21.0 Å². The lowest BCUT2D eigenvalue weighted by Gasteiger charge is -2.29. The highest BCUT2D eigenvalue weighted by Crippen LogP contribution is 2.25. The molecular weight excluding hydrogens is 294 g/mol. The van der Waals surface area contributed by atoms with Gasteiger partial charge in [-0.05, 0) is 42.1 Å². The summed E-state index contributed by atoms with van der Waals surface area (Å²) in [5.41, 5.74) is 0.697. The van der Waals surface area contributed by atoms with Crippen LogP contribution in [0.3, 0.4) is 0 Å². The Morgan fingerprint density at radius 2 is 2.00 bits per heavy atom. The first-order valence-corrected chi connectivity index (χ1v) is 7.30. The molecule has 0 radical (unpaired) electrons. The number of anilines is 1. The van der Waals surface area contributed by atoms with Crippen LogP contribution in [0.25, 0.3) is 0 Å². The summed E-state index contributed by atoms with van der Waals surface area (Å²) in [6.07, 6.45) is 4.61. The number of nitrogens with one attached hydrogen (secondary N) is 1.